The molecule has 7 nitrogen and oxygen atoms in total. The molecule has 2 amide bonds. The number of nitrogens with one attached hydrogen (secondary N) is 2. The minimum Gasteiger partial charge on any atom is -0.493 e. The van der Waals surface area contributed by atoms with E-state index in [1.807, 2.05) is 0 Å². The molecule has 0 bridgehead atoms. The van der Waals surface area contributed by atoms with Crippen molar-refractivity contribution in [1.82, 2.24) is 0 Å². The lowest BCUT2D eigenvalue weighted by atomic mass is 10.1. The first-order chi connectivity index (χ1) is 12.8. The minimum atomic E-state index is -0.794. The maximum Gasteiger partial charge on any atom is 0.265 e. The van der Waals surface area contributed by atoms with E-state index in [-0.39, 0.29) is 17.6 Å². The van der Waals surface area contributed by atoms with E-state index >= 15 is 0 Å². The highest BCUT2D eigenvalue weighted by molar-refractivity contribution is 5.95. The van der Waals surface area contributed by atoms with E-state index in [4.69, 9.17) is 9.47 Å². The molecule has 0 unspecified atom stereocenters. The molecular formula is C20H22N2O5. The van der Waals surface area contributed by atoms with Crippen molar-refractivity contribution in [3.05, 3.63) is 48.0 Å². The van der Waals surface area contributed by atoms with Gasteiger partial charge in [-0.1, -0.05) is 0 Å². The molecule has 0 radical (unpaired) electrons. The fraction of sp³-hybridized carbons (Fsp3) is 0.250. The number of methoxy groups -OCH3 is 1. The third-order valence-corrected chi connectivity index (χ3v) is 3.72. The van der Waals surface area contributed by atoms with Crippen LogP contribution in [0.4, 0.5) is 11.4 Å². The second-order valence-corrected chi connectivity index (χ2v) is 5.93. The molecule has 0 saturated heterocycles. The normalized spacial score (nSPS) is 11.3. The number of amides is 2. The predicted molar refractivity (Wildman–Crippen MR) is 102 cm³/mol. The fourth-order valence-electron chi connectivity index (χ4n) is 2.31. The van der Waals surface area contributed by atoms with Crippen molar-refractivity contribution in [2.24, 2.45) is 0 Å². The Balaban J connectivity index is 2.03. The van der Waals surface area contributed by atoms with Crippen molar-refractivity contribution in [3.8, 4) is 11.5 Å². The van der Waals surface area contributed by atoms with Crippen LogP contribution in [-0.2, 0) is 9.59 Å². The van der Waals surface area contributed by atoms with Gasteiger partial charge in [0.15, 0.2) is 23.4 Å². The molecule has 2 rings (SSSR count). The highest BCUT2D eigenvalue weighted by Gasteiger charge is 2.18. The van der Waals surface area contributed by atoms with Crippen molar-refractivity contribution in [3.63, 3.8) is 0 Å². The summed E-state index contributed by atoms with van der Waals surface area (Å²) < 4.78 is 10.9. The van der Waals surface area contributed by atoms with Crippen molar-refractivity contribution >= 4 is 29.0 Å². The second-order valence-electron chi connectivity index (χ2n) is 5.93. The second kappa shape index (κ2) is 8.84. The number of benzene rings is 2. The standard InChI is InChI=1S/C20H22N2O5/c1-12(23)15-5-10-18(19(11-15)26-4)27-13(2)20(25)22-17-8-6-16(7-9-17)21-14(3)24/h5-11,13H,1-4H3,(H,21,24)(H,22,25)/t13-/m0/s1. The van der Waals surface area contributed by atoms with Crippen LogP contribution in [0.3, 0.4) is 0 Å². The minimum absolute atomic E-state index is 0.0895. The molecule has 0 aliphatic carbocycles. The van der Waals surface area contributed by atoms with Gasteiger partial charge in [-0.05, 0) is 56.3 Å². The summed E-state index contributed by atoms with van der Waals surface area (Å²) in [5.41, 5.74) is 1.71. The maximum absolute atomic E-state index is 12.4. The molecule has 142 valence electrons. The van der Waals surface area contributed by atoms with Gasteiger partial charge in [-0.25, -0.2) is 0 Å². The van der Waals surface area contributed by atoms with Crippen LogP contribution in [0.5, 0.6) is 11.5 Å². The van der Waals surface area contributed by atoms with Gasteiger partial charge in [0.1, 0.15) is 0 Å². The summed E-state index contributed by atoms with van der Waals surface area (Å²) in [5.74, 6) is 0.139. The van der Waals surface area contributed by atoms with Crippen LogP contribution in [0.15, 0.2) is 42.5 Å². The zero-order chi connectivity index (χ0) is 20.0. The number of hydrogen-bond donors (Lipinski definition) is 2. The van der Waals surface area contributed by atoms with Gasteiger partial charge < -0.3 is 20.1 Å². The summed E-state index contributed by atoms with van der Waals surface area (Å²) >= 11 is 0. The molecule has 7 heteroatoms. The van der Waals surface area contributed by atoms with Crippen LogP contribution in [0.2, 0.25) is 0 Å². The number of anilines is 2. The lowest BCUT2D eigenvalue weighted by Gasteiger charge is -2.17. The van der Waals surface area contributed by atoms with Crippen LogP contribution >= 0.6 is 0 Å². The zero-order valence-electron chi connectivity index (χ0n) is 15.7. The molecule has 27 heavy (non-hydrogen) atoms. The predicted octanol–water partition coefficient (Wildman–Crippen LogP) is 3.26. The monoisotopic (exact) mass is 370 g/mol. The Morgan fingerprint density at radius 2 is 1.48 bits per heavy atom. The smallest absolute Gasteiger partial charge is 0.265 e. The van der Waals surface area contributed by atoms with E-state index in [1.165, 1.54) is 21.0 Å². The molecule has 0 saturated carbocycles. The van der Waals surface area contributed by atoms with Gasteiger partial charge in [-0.2, -0.15) is 0 Å². The number of ether oxygens (including phenoxy) is 2. The summed E-state index contributed by atoms with van der Waals surface area (Å²) in [5, 5.41) is 5.39. The van der Waals surface area contributed by atoms with E-state index in [9.17, 15) is 14.4 Å². The molecule has 0 heterocycles. The largest absolute Gasteiger partial charge is 0.493 e. The fourth-order valence-corrected chi connectivity index (χ4v) is 2.31. The number of hydrogen-bond acceptors (Lipinski definition) is 5. The molecule has 0 fully saturated rings. The third kappa shape index (κ3) is 5.57. The summed E-state index contributed by atoms with van der Waals surface area (Å²) in [4.78, 5) is 34.8. The molecule has 2 N–H and O–H groups in total. The van der Waals surface area contributed by atoms with Gasteiger partial charge in [0.05, 0.1) is 7.11 Å². The zero-order valence-corrected chi connectivity index (χ0v) is 15.7. The average molecular weight is 370 g/mol. The van der Waals surface area contributed by atoms with E-state index in [0.717, 1.165) is 0 Å². The Kier molecular flexibility index (Phi) is 6.54. The highest BCUT2D eigenvalue weighted by atomic mass is 16.5. The van der Waals surface area contributed by atoms with Crippen LogP contribution in [-0.4, -0.2) is 30.8 Å². The van der Waals surface area contributed by atoms with Crippen LogP contribution in [0, 0.1) is 0 Å². The molecule has 0 aliphatic rings. The Morgan fingerprint density at radius 1 is 0.889 bits per heavy atom. The lowest BCUT2D eigenvalue weighted by molar-refractivity contribution is -0.122. The van der Waals surface area contributed by atoms with Crippen molar-refractivity contribution in [1.29, 1.82) is 0 Å². The number of carbonyl (C=O) groups excluding carboxylic acids is 3. The van der Waals surface area contributed by atoms with E-state index in [1.54, 1.807) is 49.4 Å². The quantitative estimate of drug-likeness (QED) is 0.730. The average Bonchev–Trinajstić information content (AvgIpc) is 2.62. The maximum atomic E-state index is 12.4. The summed E-state index contributed by atoms with van der Waals surface area (Å²) in [6.07, 6.45) is -0.794. The Hall–Kier alpha value is -3.35. The molecular weight excluding hydrogens is 348 g/mol. The summed E-state index contributed by atoms with van der Waals surface area (Å²) in [7, 11) is 1.47. The van der Waals surface area contributed by atoms with Gasteiger partial charge in [0.25, 0.3) is 5.91 Å². The summed E-state index contributed by atoms with van der Waals surface area (Å²) in [6.45, 7) is 4.49. The van der Waals surface area contributed by atoms with Crippen LogP contribution < -0.4 is 20.1 Å². The Morgan fingerprint density at radius 3 is 2.00 bits per heavy atom. The van der Waals surface area contributed by atoms with Gasteiger partial charge in [-0.3, -0.25) is 14.4 Å². The van der Waals surface area contributed by atoms with Crippen molar-refractivity contribution < 1.29 is 23.9 Å². The number of Topliss-reactive ketones (excluding diaryl/α,β-unsaturated/α-hetero) is 1. The van der Waals surface area contributed by atoms with E-state index in [0.29, 0.717) is 28.4 Å². The summed E-state index contributed by atoms with van der Waals surface area (Å²) in [6, 6.07) is 11.5. The van der Waals surface area contributed by atoms with Gasteiger partial charge in [0, 0.05) is 23.9 Å². The first-order valence-electron chi connectivity index (χ1n) is 8.34. The van der Waals surface area contributed by atoms with Gasteiger partial charge in [-0.15, -0.1) is 0 Å². The molecule has 0 spiro atoms. The first-order valence-corrected chi connectivity index (χ1v) is 8.34. The van der Waals surface area contributed by atoms with Gasteiger partial charge in [0.2, 0.25) is 5.91 Å². The Bertz CT molecular complexity index is 846. The van der Waals surface area contributed by atoms with Gasteiger partial charge >= 0.3 is 0 Å². The van der Waals surface area contributed by atoms with Crippen LogP contribution in [0.25, 0.3) is 0 Å². The Labute approximate surface area is 157 Å². The van der Waals surface area contributed by atoms with E-state index in [2.05, 4.69) is 10.6 Å². The first kappa shape index (κ1) is 20.0. The van der Waals surface area contributed by atoms with Crippen molar-refractivity contribution in [2.75, 3.05) is 17.7 Å². The topological polar surface area (TPSA) is 93.7 Å². The lowest BCUT2D eigenvalue weighted by Crippen LogP contribution is -2.30. The van der Waals surface area contributed by atoms with E-state index < -0.39 is 6.10 Å². The van der Waals surface area contributed by atoms with Crippen molar-refractivity contribution in [2.45, 2.75) is 26.9 Å². The molecule has 2 aromatic carbocycles. The molecule has 0 aromatic heterocycles. The molecule has 2 aromatic rings. The molecule has 1 atom stereocenters. The number of carbonyl (C=O) groups is 3. The number of rotatable bonds is 7. The molecule has 0 aliphatic heterocycles. The van der Waals surface area contributed by atoms with Crippen LogP contribution in [0.1, 0.15) is 31.1 Å². The SMILES string of the molecule is COc1cc(C(C)=O)ccc1O[C@@H](C)C(=O)Nc1ccc(NC(C)=O)cc1. The number of ketones is 1. The third-order valence-electron chi connectivity index (χ3n) is 3.72. The highest BCUT2D eigenvalue weighted by Crippen LogP contribution is 2.29.